The number of nitrogens with one attached hydrogen (secondary N) is 1. The fraction of sp³-hybridized carbons (Fsp3) is 0.500. The Balaban J connectivity index is 2.79. The van der Waals surface area contributed by atoms with Crippen LogP contribution in [0.3, 0.4) is 0 Å². The number of fused-ring (bicyclic) bond motifs is 1. The van der Waals surface area contributed by atoms with Crippen LogP contribution in [0.2, 0.25) is 0 Å². The Labute approximate surface area is 91.3 Å². The third kappa shape index (κ3) is 1.50. The molecule has 6 heteroatoms. The van der Waals surface area contributed by atoms with Gasteiger partial charge >= 0.3 is 0 Å². The summed E-state index contributed by atoms with van der Waals surface area (Å²) in [4.78, 5) is 21.1. The summed E-state index contributed by atoms with van der Waals surface area (Å²) < 4.78 is 14.8. The van der Waals surface area contributed by atoms with Crippen LogP contribution >= 0.6 is 0 Å². The van der Waals surface area contributed by atoms with Gasteiger partial charge in [-0.3, -0.25) is 9.78 Å². The molecule has 0 fully saturated rings. The molecular weight excluding hydrogens is 211 g/mol. The molecule has 0 aliphatic heterocycles. The Morgan fingerprint density at radius 2 is 2.25 bits per heavy atom. The summed E-state index contributed by atoms with van der Waals surface area (Å²) in [5.41, 5.74) is -0.341. The van der Waals surface area contributed by atoms with Gasteiger partial charge in [-0.25, -0.2) is 4.98 Å². The average molecular weight is 224 g/mol. The van der Waals surface area contributed by atoms with Crippen molar-refractivity contribution in [2.24, 2.45) is 0 Å². The van der Waals surface area contributed by atoms with Gasteiger partial charge in [0.05, 0.1) is 6.33 Å². The van der Waals surface area contributed by atoms with E-state index in [2.05, 4.69) is 9.97 Å². The molecule has 5 nitrogen and oxygen atoms in total. The molecule has 1 N–H and O–H groups in total. The first-order valence-electron chi connectivity index (χ1n) is 5.09. The van der Waals surface area contributed by atoms with Gasteiger partial charge in [0.25, 0.3) is 11.6 Å². The van der Waals surface area contributed by atoms with E-state index in [4.69, 9.17) is 0 Å². The molecule has 2 heterocycles. The standard InChI is InChI=1S/C10H13FN4O/c1-4-10(2,3)15-5-12-6-7(15)13-9(11)14-8(6)16/h5H,4H2,1-3H3,(H,13,14,16). The zero-order chi connectivity index (χ0) is 11.9. The lowest BCUT2D eigenvalue weighted by molar-refractivity contribution is 0.349. The van der Waals surface area contributed by atoms with E-state index in [-0.39, 0.29) is 16.7 Å². The summed E-state index contributed by atoms with van der Waals surface area (Å²) in [7, 11) is 0. The third-order valence-electron chi connectivity index (χ3n) is 2.90. The first-order valence-corrected chi connectivity index (χ1v) is 5.09. The highest BCUT2D eigenvalue weighted by atomic mass is 19.1. The predicted molar refractivity (Wildman–Crippen MR) is 57.7 cm³/mol. The highest BCUT2D eigenvalue weighted by Gasteiger charge is 2.22. The summed E-state index contributed by atoms with van der Waals surface area (Å²) in [6, 6.07) is 0. The molecule has 16 heavy (non-hydrogen) atoms. The fourth-order valence-electron chi connectivity index (χ4n) is 1.50. The maximum atomic E-state index is 13.0. The lowest BCUT2D eigenvalue weighted by atomic mass is 10.0. The Kier molecular flexibility index (Phi) is 2.29. The fourth-order valence-corrected chi connectivity index (χ4v) is 1.50. The van der Waals surface area contributed by atoms with Gasteiger partial charge in [0.2, 0.25) is 0 Å². The molecule has 2 rings (SSSR count). The van der Waals surface area contributed by atoms with Crippen LogP contribution in [0.25, 0.3) is 11.2 Å². The number of hydrogen-bond acceptors (Lipinski definition) is 3. The van der Waals surface area contributed by atoms with Crippen LogP contribution < -0.4 is 5.56 Å². The van der Waals surface area contributed by atoms with Crippen molar-refractivity contribution in [3.63, 3.8) is 0 Å². The predicted octanol–water partition coefficient (Wildman–Crippen LogP) is 1.40. The molecule has 86 valence electrons. The van der Waals surface area contributed by atoms with E-state index >= 15 is 0 Å². The molecule has 0 atom stereocenters. The molecule has 0 radical (unpaired) electrons. The molecule has 0 unspecified atom stereocenters. The Bertz CT molecular complexity index is 584. The minimum atomic E-state index is -0.883. The molecule has 0 aliphatic rings. The second kappa shape index (κ2) is 3.40. The number of aromatic nitrogens is 4. The number of H-pyrrole nitrogens is 1. The molecule has 0 spiro atoms. The van der Waals surface area contributed by atoms with Crippen molar-refractivity contribution in [1.82, 2.24) is 19.5 Å². The molecule has 0 aromatic carbocycles. The van der Waals surface area contributed by atoms with Gasteiger partial charge in [0.1, 0.15) is 0 Å². The van der Waals surface area contributed by atoms with Crippen LogP contribution in [0.4, 0.5) is 4.39 Å². The van der Waals surface area contributed by atoms with Gasteiger partial charge in [0, 0.05) is 5.54 Å². The zero-order valence-electron chi connectivity index (χ0n) is 9.41. The van der Waals surface area contributed by atoms with E-state index in [0.29, 0.717) is 0 Å². The van der Waals surface area contributed by atoms with Crippen molar-refractivity contribution in [3.8, 4) is 0 Å². The third-order valence-corrected chi connectivity index (χ3v) is 2.90. The summed E-state index contributed by atoms with van der Waals surface area (Å²) in [6.07, 6.45) is 1.47. The summed E-state index contributed by atoms with van der Waals surface area (Å²) in [5, 5.41) is 0. The molecule has 0 saturated carbocycles. The van der Waals surface area contributed by atoms with Gasteiger partial charge < -0.3 is 4.57 Å². The van der Waals surface area contributed by atoms with Gasteiger partial charge in [-0.05, 0) is 20.3 Å². The summed E-state index contributed by atoms with van der Waals surface area (Å²) in [5.74, 6) is 0. The quantitative estimate of drug-likeness (QED) is 0.784. The van der Waals surface area contributed by atoms with Crippen LogP contribution in [-0.2, 0) is 5.54 Å². The van der Waals surface area contributed by atoms with E-state index in [9.17, 15) is 9.18 Å². The number of rotatable bonds is 2. The van der Waals surface area contributed by atoms with Crippen LogP contribution in [0, 0.1) is 6.08 Å². The van der Waals surface area contributed by atoms with Crippen LogP contribution in [0.5, 0.6) is 0 Å². The van der Waals surface area contributed by atoms with Crippen LogP contribution in [-0.4, -0.2) is 19.5 Å². The Morgan fingerprint density at radius 1 is 1.56 bits per heavy atom. The first kappa shape index (κ1) is 10.8. The van der Waals surface area contributed by atoms with Crippen molar-refractivity contribution in [2.45, 2.75) is 32.7 Å². The monoisotopic (exact) mass is 224 g/mol. The average Bonchev–Trinajstić information content (AvgIpc) is 2.62. The topological polar surface area (TPSA) is 63.6 Å². The molecule has 0 bridgehead atoms. The normalized spacial score (nSPS) is 12.2. The SMILES string of the molecule is CCC(C)(C)n1cnc2c(=O)[nH]c(F)nc21. The number of imidazole rings is 1. The van der Waals surface area contributed by atoms with Crippen molar-refractivity contribution in [3.05, 3.63) is 22.8 Å². The van der Waals surface area contributed by atoms with E-state index in [1.807, 2.05) is 25.8 Å². The van der Waals surface area contributed by atoms with Crippen molar-refractivity contribution < 1.29 is 4.39 Å². The van der Waals surface area contributed by atoms with Crippen LogP contribution in [0.15, 0.2) is 11.1 Å². The van der Waals surface area contributed by atoms with Gasteiger partial charge in [-0.1, -0.05) is 6.92 Å². The maximum absolute atomic E-state index is 13.0. The zero-order valence-corrected chi connectivity index (χ0v) is 9.41. The number of nitrogens with zero attached hydrogens (tertiary/aromatic N) is 3. The number of aromatic amines is 1. The number of hydrogen-bond donors (Lipinski definition) is 1. The molecule has 0 amide bonds. The highest BCUT2D eigenvalue weighted by Crippen LogP contribution is 2.22. The highest BCUT2D eigenvalue weighted by molar-refractivity contribution is 5.69. The van der Waals surface area contributed by atoms with Crippen LogP contribution in [0.1, 0.15) is 27.2 Å². The lowest BCUT2D eigenvalue weighted by Gasteiger charge is -2.24. The summed E-state index contributed by atoms with van der Waals surface area (Å²) >= 11 is 0. The second-order valence-corrected chi connectivity index (χ2v) is 4.31. The van der Waals surface area contributed by atoms with Crippen molar-refractivity contribution >= 4 is 11.2 Å². The lowest BCUT2D eigenvalue weighted by Crippen LogP contribution is -2.25. The van der Waals surface area contributed by atoms with Gasteiger partial charge in [-0.2, -0.15) is 9.37 Å². The molecule has 0 saturated heterocycles. The number of halogens is 1. The Morgan fingerprint density at radius 3 is 2.88 bits per heavy atom. The first-order chi connectivity index (χ1) is 7.45. The molecular formula is C10H13FN4O. The molecule has 2 aromatic heterocycles. The summed E-state index contributed by atoms with van der Waals surface area (Å²) in [6.45, 7) is 5.97. The smallest absolute Gasteiger partial charge is 0.291 e. The maximum Gasteiger partial charge on any atom is 0.291 e. The van der Waals surface area contributed by atoms with Gasteiger partial charge in [-0.15, -0.1) is 0 Å². The molecule has 2 aromatic rings. The van der Waals surface area contributed by atoms with E-state index in [0.717, 1.165) is 6.42 Å². The van der Waals surface area contributed by atoms with E-state index in [1.54, 1.807) is 4.57 Å². The van der Waals surface area contributed by atoms with Crippen molar-refractivity contribution in [2.75, 3.05) is 0 Å². The second-order valence-electron chi connectivity index (χ2n) is 4.31. The minimum Gasteiger partial charge on any atom is -0.309 e. The van der Waals surface area contributed by atoms with E-state index < -0.39 is 11.6 Å². The largest absolute Gasteiger partial charge is 0.309 e. The van der Waals surface area contributed by atoms with E-state index in [1.165, 1.54) is 6.33 Å². The van der Waals surface area contributed by atoms with Gasteiger partial charge in [0.15, 0.2) is 11.2 Å². The molecule has 0 aliphatic carbocycles. The van der Waals surface area contributed by atoms with Crippen molar-refractivity contribution in [1.29, 1.82) is 0 Å². The minimum absolute atomic E-state index is 0.169. The Hall–Kier alpha value is -1.72.